The summed E-state index contributed by atoms with van der Waals surface area (Å²) in [6.45, 7) is 9.18. The molecular formula is C17H26N2O. The zero-order valence-corrected chi connectivity index (χ0v) is 13.1. The second kappa shape index (κ2) is 8.73. The van der Waals surface area contributed by atoms with Crippen LogP contribution in [-0.4, -0.2) is 31.2 Å². The molecule has 1 rings (SSSR count). The molecule has 0 unspecified atom stereocenters. The predicted octanol–water partition coefficient (Wildman–Crippen LogP) is 3.50. The zero-order valence-electron chi connectivity index (χ0n) is 13.1. The maximum atomic E-state index is 8.94. The van der Waals surface area contributed by atoms with Gasteiger partial charge in [0.1, 0.15) is 0 Å². The number of nitrogens with zero attached hydrogens (tertiary/aromatic N) is 2. The lowest BCUT2D eigenvalue weighted by atomic mass is 10.0. The van der Waals surface area contributed by atoms with Gasteiger partial charge in [0.05, 0.1) is 18.2 Å². The van der Waals surface area contributed by atoms with E-state index in [-0.39, 0.29) is 0 Å². The average Bonchev–Trinajstić information content (AvgIpc) is 2.47. The summed E-state index contributed by atoms with van der Waals surface area (Å²) >= 11 is 0. The molecule has 0 aliphatic heterocycles. The highest BCUT2D eigenvalue weighted by Gasteiger charge is 2.16. The Labute approximate surface area is 123 Å². The van der Waals surface area contributed by atoms with Gasteiger partial charge in [-0.25, -0.2) is 0 Å². The number of hydrogen-bond donors (Lipinski definition) is 0. The number of nitriles is 1. The van der Waals surface area contributed by atoms with Gasteiger partial charge in [-0.1, -0.05) is 19.9 Å². The van der Waals surface area contributed by atoms with Crippen LogP contribution in [0, 0.1) is 18.3 Å². The second-order valence-corrected chi connectivity index (χ2v) is 5.19. The first-order chi connectivity index (χ1) is 9.65. The molecule has 20 heavy (non-hydrogen) atoms. The van der Waals surface area contributed by atoms with Crippen molar-refractivity contribution in [3.8, 4) is 6.07 Å². The molecule has 3 heteroatoms. The van der Waals surface area contributed by atoms with Gasteiger partial charge in [0, 0.05) is 26.2 Å². The van der Waals surface area contributed by atoms with E-state index in [1.165, 1.54) is 11.1 Å². The molecule has 0 radical (unpaired) electrons. The molecule has 0 N–H and O–H groups in total. The Morgan fingerprint density at radius 1 is 1.30 bits per heavy atom. The molecule has 0 spiro atoms. The molecule has 0 heterocycles. The number of benzene rings is 1. The third kappa shape index (κ3) is 4.63. The first-order valence-corrected chi connectivity index (χ1v) is 7.38. The van der Waals surface area contributed by atoms with E-state index in [4.69, 9.17) is 10.00 Å². The highest BCUT2D eigenvalue weighted by Crippen LogP contribution is 2.17. The summed E-state index contributed by atoms with van der Waals surface area (Å²) in [5, 5.41) is 8.94. The monoisotopic (exact) mass is 274 g/mol. The van der Waals surface area contributed by atoms with E-state index in [1.807, 2.05) is 12.1 Å². The topological polar surface area (TPSA) is 36.3 Å². The van der Waals surface area contributed by atoms with Crippen LogP contribution < -0.4 is 0 Å². The summed E-state index contributed by atoms with van der Waals surface area (Å²) in [7, 11) is 1.75. The van der Waals surface area contributed by atoms with Crippen molar-refractivity contribution < 1.29 is 4.74 Å². The summed E-state index contributed by atoms with van der Waals surface area (Å²) in [5.41, 5.74) is 3.22. The van der Waals surface area contributed by atoms with Gasteiger partial charge in [-0.3, -0.25) is 4.90 Å². The molecule has 0 aliphatic carbocycles. The van der Waals surface area contributed by atoms with Gasteiger partial charge in [-0.15, -0.1) is 0 Å². The van der Waals surface area contributed by atoms with E-state index in [2.05, 4.69) is 37.8 Å². The number of rotatable bonds is 8. The van der Waals surface area contributed by atoms with Gasteiger partial charge in [-0.2, -0.15) is 5.26 Å². The zero-order chi connectivity index (χ0) is 15.0. The Balaban J connectivity index is 2.85. The van der Waals surface area contributed by atoms with Crippen LogP contribution in [0.15, 0.2) is 18.2 Å². The van der Waals surface area contributed by atoms with E-state index in [0.717, 1.165) is 38.1 Å². The molecule has 3 nitrogen and oxygen atoms in total. The van der Waals surface area contributed by atoms with E-state index in [0.29, 0.717) is 6.04 Å². The van der Waals surface area contributed by atoms with Crippen molar-refractivity contribution in [1.82, 2.24) is 4.90 Å². The Hall–Kier alpha value is -1.37. The molecule has 0 fully saturated rings. The molecular weight excluding hydrogens is 248 g/mol. The summed E-state index contributed by atoms with van der Waals surface area (Å²) in [6.07, 6.45) is 2.30. The molecule has 0 aromatic heterocycles. The third-order valence-electron chi connectivity index (χ3n) is 3.89. The molecule has 0 amide bonds. The normalized spacial score (nSPS) is 11.1. The quantitative estimate of drug-likeness (QED) is 0.728. The van der Waals surface area contributed by atoms with Crippen molar-refractivity contribution in [2.75, 3.05) is 20.3 Å². The molecule has 1 aromatic rings. The molecule has 0 bridgehead atoms. The largest absolute Gasteiger partial charge is 0.383 e. The Bertz CT molecular complexity index is 447. The summed E-state index contributed by atoms with van der Waals surface area (Å²) in [5.74, 6) is 0. The molecule has 0 saturated carbocycles. The summed E-state index contributed by atoms with van der Waals surface area (Å²) in [6, 6.07) is 8.73. The molecule has 1 aromatic carbocycles. The van der Waals surface area contributed by atoms with Gasteiger partial charge < -0.3 is 4.74 Å². The smallest absolute Gasteiger partial charge is 0.0991 e. The minimum Gasteiger partial charge on any atom is -0.383 e. The van der Waals surface area contributed by atoms with Crippen molar-refractivity contribution in [3.05, 3.63) is 34.9 Å². The lowest BCUT2D eigenvalue weighted by molar-refractivity contribution is 0.110. The minimum absolute atomic E-state index is 0.584. The van der Waals surface area contributed by atoms with E-state index >= 15 is 0 Å². The van der Waals surface area contributed by atoms with Crippen LogP contribution in [0.3, 0.4) is 0 Å². The van der Waals surface area contributed by atoms with Crippen molar-refractivity contribution in [3.63, 3.8) is 0 Å². The summed E-state index contributed by atoms with van der Waals surface area (Å²) < 4.78 is 5.23. The second-order valence-electron chi connectivity index (χ2n) is 5.19. The van der Waals surface area contributed by atoms with Gasteiger partial charge in [0.15, 0.2) is 0 Å². The fourth-order valence-corrected chi connectivity index (χ4v) is 2.57. The van der Waals surface area contributed by atoms with E-state index in [1.54, 1.807) is 7.11 Å². The molecule has 0 aliphatic rings. The Morgan fingerprint density at radius 3 is 2.50 bits per heavy atom. The average molecular weight is 274 g/mol. The Kier molecular flexibility index (Phi) is 7.28. The number of hydrogen-bond acceptors (Lipinski definition) is 3. The lowest BCUT2D eigenvalue weighted by Gasteiger charge is -2.30. The van der Waals surface area contributed by atoms with Crippen molar-refractivity contribution in [2.45, 2.75) is 46.2 Å². The maximum absolute atomic E-state index is 8.94. The van der Waals surface area contributed by atoms with Crippen LogP contribution >= 0.6 is 0 Å². The van der Waals surface area contributed by atoms with Crippen LogP contribution in [-0.2, 0) is 11.3 Å². The summed E-state index contributed by atoms with van der Waals surface area (Å²) in [4.78, 5) is 2.48. The van der Waals surface area contributed by atoms with Gasteiger partial charge in [0.25, 0.3) is 0 Å². The maximum Gasteiger partial charge on any atom is 0.0991 e. The van der Waals surface area contributed by atoms with Crippen LogP contribution in [0.1, 0.15) is 43.4 Å². The molecule has 0 saturated heterocycles. The highest BCUT2D eigenvalue weighted by molar-refractivity contribution is 5.37. The number of methoxy groups -OCH3 is 1. The van der Waals surface area contributed by atoms with Crippen LogP contribution in [0.5, 0.6) is 0 Å². The van der Waals surface area contributed by atoms with Gasteiger partial charge in [0.2, 0.25) is 0 Å². The van der Waals surface area contributed by atoms with E-state index in [9.17, 15) is 0 Å². The minimum atomic E-state index is 0.584. The van der Waals surface area contributed by atoms with Gasteiger partial charge >= 0.3 is 0 Å². The first kappa shape index (κ1) is 16.7. The fraction of sp³-hybridized carbons (Fsp3) is 0.588. The highest BCUT2D eigenvalue weighted by atomic mass is 16.5. The van der Waals surface area contributed by atoms with Crippen molar-refractivity contribution in [2.24, 2.45) is 0 Å². The number of ether oxygens (including phenoxy) is 1. The lowest BCUT2D eigenvalue weighted by Crippen LogP contribution is -2.36. The molecule has 0 atom stereocenters. The van der Waals surface area contributed by atoms with Crippen LogP contribution in [0.2, 0.25) is 0 Å². The van der Waals surface area contributed by atoms with Crippen molar-refractivity contribution in [1.29, 1.82) is 5.26 Å². The number of aryl methyl sites for hydroxylation is 1. The third-order valence-corrected chi connectivity index (χ3v) is 3.89. The molecule has 110 valence electrons. The Morgan fingerprint density at radius 2 is 2.00 bits per heavy atom. The van der Waals surface area contributed by atoms with Crippen LogP contribution in [0.25, 0.3) is 0 Å². The fourth-order valence-electron chi connectivity index (χ4n) is 2.57. The van der Waals surface area contributed by atoms with E-state index < -0.39 is 0 Å². The first-order valence-electron chi connectivity index (χ1n) is 7.38. The predicted molar refractivity (Wildman–Crippen MR) is 82.6 cm³/mol. The van der Waals surface area contributed by atoms with Crippen LogP contribution in [0.4, 0.5) is 0 Å². The van der Waals surface area contributed by atoms with Crippen molar-refractivity contribution >= 4 is 0 Å². The van der Waals surface area contributed by atoms with Gasteiger partial charge in [-0.05, 0) is 43.0 Å². The standard InChI is InChI=1S/C17H26N2O/c1-5-17(6-2)19(9-10-20-4)13-16-8-7-15(12-18)11-14(16)3/h7-8,11,17H,5-6,9-10,13H2,1-4H3. The SMILES string of the molecule is CCC(CC)N(CCOC)Cc1ccc(C#N)cc1C.